The molecule has 1 rings (SSSR count). The minimum Gasteiger partial charge on any atom is -0.444 e. The van der Waals surface area contributed by atoms with Gasteiger partial charge in [0.2, 0.25) is 0 Å². The van der Waals surface area contributed by atoms with Crippen molar-refractivity contribution in [3.05, 3.63) is 0 Å². The van der Waals surface area contributed by atoms with Gasteiger partial charge in [-0.3, -0.25) is 4.90 Å². The van der Waals surface area contributed by atoms with Gasteiger partial charge in [0.1, 0.15) is 11.4 Å². The average molecular weight is 353 g/mol. The monoisotopic (exact) mass is 354 g/mol. The summed E-state index contributed by atoms with van der Waals surface area (Å²) in [4.78, 5) is 28.3. The standard InChI is InChI=1S/C15H24B8NO3/c1-11(2,3)27-10(26)24-12(4,5)14(8,16)9(25)15(22(18)19,13(24,6)7)23(20)21-17/h1-8H3. The molecule has 1 fully saturated rings. The van der Waals surface area contributed by atoms with Crippen LogP contribution in [0, 0.1) is 0 Å². The van der Waals surface area contributed by atoms with Crippen LogP contribution in [0.2, 0.25) is 10.5 Å². The number of ketones is 1. The Labute approximate surface area is 172 Å². The Bertz CT molecular complexity index is 617. The highest BCUT2D eigenvalue weighted by molar-refractivity contribution is 7.53. The summed E-state index contributed by atoms with van der Waals surface area (Å²) in [6.45, 7) is 11.3. The Hall–Kier alpha value is -0.541. The van der Waals surface area contributed by atoms with Crippen molar-refractivity contribution >= 4 is 70.7 Å². The number of rotatable bonds is 3. The first-order chi connectivity index (χ1) is 11.8. The van der Waals surface area contributed by atoms with E-state index in [1.165, 1.54) is 4.90 Å². The number of hydrogen-bond acceptors (Lipinski definition) is 3. The van der Waals surface area contributed by atoms with Crippen molar-refractivity contribution in [2.45, 2.75) is 82.6 Å². The molecule has 0 aliphatic carbocycles. The molecule has 0 aromatic rings. The summed E-state index contributed by atoms with van der Waals surface area (Å²) in [7, 11) is 31.8. The first kappa shape index (κ1) is 24.5. The van der Waals surface area contributed by atoms with Gasteiger partial charge < -0.3 is 9.53 Å². The second-order valence-electron chi connectivity index (χ2n) is 9.58. The molecule has 27 heavy (non-hydrogen) atoms. The third-order valence-electron chi connectivity index (χ3n) is 6.08. The van der Waals surface area contributed by atoms with Gasteiger partial charge >= 0.3 is 6.09 Å². The maximum absolute atomic E-state index is 13.7. The molecule has 0 saturated carbocycles. The number of carbonyl (C=O) groups is 2. The zero-order valence-electron chi connectivity index (χ0n) is 17.8. The minimum absolute atomic E-state index is 0.450. The van der Waals surface area contributed by atoms with E-state index in [2.05, 4.69) is 0 Å². The molecule has 131 valence electrons. The van der Waals surface area contributed by atoms with Crippen LogP contribution in [0.4, 0.5) is 4.79 Å². The van der Waals surface area contributed by atoms with Crippen LogP contribution in [0.25, 0.3) is 0 Å². The zero-order chi connectivity index (χ0) is 21.8. The zero-order valence-corrected chi connectivity index (χ0v) is 17.8. The van der Waals surface area contributed by atoms with Crippen LogP contribution < -0.4 is 0 Å². The number of nitrogens with zero attached hydrogens (tertiary/aromatic N) is 1. The van der Waals surface area contributed by atoms with Crippen molar-refractivity contribution in [3.63, 3.8) is 0 Å². The molecule has 0 aromatic heterocycles. The topological polar surface area (TPSA) is 46.6 Å². The Kier molecular flexibility index (Phi) is 6.40. The lowest BCUT2D eigenvalue weighted by molar-refractivity contribution is -0.141. The highest BCUT2D eigenvalue weighted by Crippen LogP contribution is 2.62. The normalized spacial score (nSPS) is 29.8. The fourth-order valence-electron chi connectivity index (χ4n) is 4.36. The lowest BCUT2D eigenvalue weighted by Crippen LogP contribution is -2.81. The smallest absolute Gasteiger partial charge is 0.411 e. The van der Waals surface area contributed by atoms with Crippen molar-refractivity contribution in [1.29, 1.82) is 0 Å². The van der Waals surface area contributed by atoms with Crippen molar-refractivity contribution < 1.29 is 14.3 Å². The molecule has 12 heteroatoms. The first-order valence-electron chi connectivity index (χ1n) is 9.02. The molecule has 0 N–H and O–H groups in total. The molecular formula is C15H24B8NO3. The van der Waals surface area contributed by atoms with Gasteiger partial charge in [-0.25, -0.2) is 4.79 Å². The summed E-state index contributed by atoms with van der Waals surface area (Å²) in [5, 5.41) is -3.14. The summed E-state index contributed by atoms with van der Waals surface area (Å²) in [6, 6.07) is 0. The third-order valence-corrected chi connectivity index (χ3v) is 6.08. The van der Waals surface area contributed by atoms with Crippen molar-refractivity contribution in [2.24, 2.45) is 0 Å². The Morgan fingerprint density at radius 2 is 1.52 bits per heavy atom. The number of likely N-dealkylation sites (tertiary alicyclic amines) is 1. The summed E-state index contributed by atoms with van der Waals surface area (Å²) < 4.78 is 5.62. The lowest BCUT2D eigenvalue weighted by Gasteiger charge is -2.70. The molecule has 0 aromatic carbocycles. The second-order valence-corrected chi connectivity index (χ2v) is 9.58. The maximum atomic E-state index is 13.7. The van der Waals surface area contributed by atoms with Crippen molar-refractivity contribution in [2.75, 3.05) is 0 Å². The fourth-order valence-corrected chi connectivity index (χ4v) is 4.36. The SMILES string of the molecule is [B][B]B([B])C1(B([B])[B])C(=O)C([B])(C)C(C)(C)N(C(=O)OC(C)(C)C)C1(C)C. The van der Waals surface area contributed by atoms with E-state index < -0.39 is 52.1 Å². The Morgan fingerprint density at radius 1 is 1.07 bits per heavy atom. The second kappa shape index (κ2) is 7.06. The van der Waals surface area contributed by atoms with E-state index in [1.54, 1.807) is 55.4 Å². The van der Waals surface area contributed by atoms with Crippen LogP contribution >= 0.6 is 0 Å². The highest BCUT2D eigenvalue weighted by Gasteiger charge is 2.70. The fraction of sp³-hybridized carbons (Fsp3) is 0.867. The molecule has 1 aliphatic heterocycles. The van der Waals surface area contributed by atoms with Crippen LogP contribution in [-0.4, -0.2) is 92.3 Å². The number of carbonyl (C=O) groups excluding carboxylic acids is 2. The Balaban J connectivity index is 3.86. The van der Waals surface area contributed by atoms with E-state index in [-0.39, 0.29) is 0 Å². The number of piperidine rings is 1. The Morgan fingerprint density at radius 3 is 1.85 bits per heavy atom. The number of ether oxygens (including phenoxy) is 1. The molecule has 1 heterocycles. The molecule has 1 amide bonds. The maximum Gasteiger partial charge on any atom is 0.411 e. The molecular weight excluding hydrogens is 329 g/mol. The summed E-state index contributed by atoms with van der Waals surface area (Å²) in [5.41, 5.74) is -3.13. The lowest BCUT2D eigenvalue weighted by atomic mass is 8.84. The summed E-state index contributed by atoms with van der Waals surface area (Å²) in [6.07, 6.45) is -0.643. The van der Waals surface area contributed by atoms with Crippen molar-refractivity contribution in [3.8, 4) is 0 Å². The number of hydrogen-bond donors (Lipinski definition) is 0. The van der Waals surface area contributed by atoms with Gasteiger partial charge in [0.25, 0.3) is 0 Å². The molecule has 0 bridgehead atoms. The van der Waals surface area contributed by atoms with Gasteiger partial charge in [-0.2, -0.15) is 0 Å². The average Bonchev–Trinajstić information content (AvgIpc) is 2.42. The van der Waals surface area contributed by atoms with Crippen LogP contribution in [0.3, 0.4) is 0 Å². The highest BCUT2D eigenvalue weighted by atomic mass is 16.6. The number of Topliss-reactive ketones (excluding diaryl/α,β-unsaturated/α-hetero) is 1. The molecule has 1 saturated heterocycles. The third kappa shape index (κ3) is 3.37. The van der Waals surface area contributed by atoms with E-state index in [0.29, 0.717) is 0 Å². The van der Waals surface area contributed by atoms with Crippen LogP contribution in [0.1, 0.15) is 55.4 Å². The van der Waals surface area contributed by atoms with E-state index in [0.717, 1.165) is 7.06 Å². The first-order valence-corrected chi connectivity index (χ1v) is 9.02. The molecule has 2 unspecified atom stereocenters. The van der Waals surface area contributed by atoms with Gasteiger partial charge in [0, 0.05) is 54.4 Å². The van der Waals surface area contributed by atoms with Crippen LogP contribution in [0.15, 0.2) is 0 Å². The molecule has 2 atom stereocenters. The van der Waals surface area contributed by atoms with Gasteiger partial charge in [0.05, 0.1) is 20.8 Å². The van der Waals surface area contributed by atoms with E-state index in [4.69, 9.17) is 43.5 Å². The summed E-state index contributed by atoms with van der Waals surface area (Å²) in [5.74, 6) is -0.450. The largest absolute Gasteiger partial charge is 0.444 e. The van der Waals surface area contributed by atoms with E-state index >= 15 is 0 Å². The van der Waals surface area contributed by atoms with Gasteiger partial charge in [-0.1, -0.05) is 6.92 Å². The van der Waals surface area contributed by atoms with Crippen molar-refractivity contribution in [1.82, 2.24) is 4.90 Å². The molecule has 1 aliphatic rings. The van der Waals surface area contributed by atoms with E-state index in [1.807, 2.05) is 0 Å². The summed E-state index contributed by atoms with van der Waals surface area (Å²) >= 11 is 0. The van der Waals surface area contributed by atoms with E-state index in [9.17, 15) is 9.59 Å². The quantitative estimate of drug-likeness (QED) is 0.685. The van der Waals surface area contributed by atoms with Gasteiger partial charge in [-0.15, -0.1) is 0 Å². The number of amides is 1. The van der Waals surface area contributed by atoms with Crippen LogP contribution in [0.5, 0.6) is 0 Å². The van der Waals surface area contributed by atoms with Gasteiger partial charge in [-0.05, 0) is 53.7 Å². The van der Waals surface area contributed by atoms with Gasteiger partial charge in [0.15, 0.2) is 0 Å². The van der Waals surface area contributed by atoms with Crippen LogP contribution in [-0.2, 0) is 9.53 Å². The molecule has 11 radical (unpaired) electrons. The molecule has 0 spiro atoms. The predicted octanol–water partition coefficient (Wildman–Crippen LogP) is 0.260. The minimum atomic E-state index is -1.63. The predicted molar refractivity (Wildman–Crippen MR) is 118 cm³/mol. The molecule has 4 nitrogen and oxygen atoms in total.